The van der Waals surface area contributed by atoms with E-state index in [1.54, 1.807) is 0 Å². The lowest BCUT2D eigenvalue weighted by atomic mass is 10.4. The molecule has 0 N–H and O–H groups in total. The minimum absolute atomic E-state index is 0.327. The van der Waals surface area contributed by atoms with Gasteiger partial charge in [0.15, 0.2) is 0 Å². The second kappa shape index (κ2) is 1.72. The number of hydrogen-bond donors (Lipinski definition) is 0. The molecule has 1 aliphatic heterocycles. The predicted molar refractivity (Wildman–Crippen MR) is 31.3 cm³/mol. The fourth-order valence-corrected chi connectivity index (χ4v) is 2.03. The average molecular weight is 101 g/mol. The summed E-state index contributed by atoms with van der Waals surface area (Å²) in [5.74, 6) is 2.58. The molecule has 0 aromatic rings. The summed E-state index contributed by atoms with van der Waals surface area (Å²) in [5.41, 5.74) is 5.56. The summed E-state index contributed by atoms with van der Waals surface area (Å²) in [4.78, 5) is 0. The Labute approximate surface area is 41.1 Å². The molecule has 1 fully saturated rings. The van der Waals surface area contributed by atoms with E-state index in [1.807, 2.05) is 0 Å². The molecule has 1 heterocycles. The highest BCUT2D eigenvalue weighted by Gasteiger charge is 1.86. The number of rotatable bonds is 0. The summed E-state index contributed by atoms with van der Waals surface area (Å²) in [7, 11) is 0.327. The van der Waals surface area contributed by atoms with Crippen LogP contribution in [0.25, 0.3) is 0 Å². The van der Waals surface area contributed by atoms with E-state index in [0.717, 1.165) is 0 Å². The van der Waals surface area contributed by atoms with E-state index < -0.39 is 0 Å². The Balaban J connectivity index is 2.44. The summed E-state index contributed by atoms with van der Waals surface area (Å²) in [6, 6.07) is 0. The summed E-state index contributed by atoms with van der Waals surface area (Å²) < 4.78 is 0. The van der Waals surface area contributed by atoms with Crippen molar-refractivity contribution in [3.05, 3.63) is 0 Å². The zero-order valence-electron chi connectivity index (χ0n) is 3.81. The highest BCUT2D eigenvalue weighted by Crippen LogP contribution is 2.02. The Hall–Kier alpha value is 0.130. The van der Waals surface area contributed by atoms with Crippen molar-refractivity contribution < 1.29 is 0 Å². The van der Waals surface area contributed by atoms with E-state index in [9.17, 15) is 0 Å². The van der Waals surface area contributed by atoms with E-state index in [1.165, 1.54) is 24.3 Å². The van der Waals surface area contributed by atoms with Crippen LogP contribution in [0.15, 0.2) is 0 Å². The molecule has 0 aromatic carbocycles. The average Bonchev–Trinajstić information content (AvgIpc) is 1.86. The largest absolute Gasteiger partial charge is 0.457 e. The second-order valence-electron chi connectivity index (χ2n) is 1.65. The lowest BCUT2D eigenvalue weighted by Gasteiger charge is -1.98. The highest BCUT2D eigenvalue weighted by atomic mass is 32.2. The minimum Gasteiger partial charge on any atom is -0.457 e. The molecular formula is C5H9S-. The SMILES string of the molecule is C#[S-]1CCCC1. The van der Waals surface area contributed by atoms with Gasteiger partial charge in [-0.1, -0.05) is 12.8 Å². The van der Waals surface area contributed by atoms with Crippen LogP contribution in [0.4, 0.5) is 0 Å². The summed E-state index contributed by atoms with van der Waals surface area (Å²) in [6.07, 6.45) is 2.75. The summed E-state index contributed by atoms with van der Waals surface area (Å²) >= 11 is 0. The van der Waals surface area contributed by atoms with Crippen molar-refractivity contribution in [1.82, 2.24) is 0 Å². The predicted octanol–water partition coefficient (Wildman–Crippen LogP) is 0.988. The van der Waals surface area contributed by atoms with Gasteiger partial charge in [0.1, 0.15) is 0 Å². The smallest absolute Gasteiger partial charge is 0.0737 e. The fourth-order valence-electron chi connectivity index (χ4n) is 0.677. The first kappa shape index (κ1) is 4.29. The molecule has 0 atom stereocenters. The van der Waals surface area contributed by atoms with Gasteiger partial charge >= 0.3 is 0 Å². The van der Waals surface area contributed by atoms with Crippen molar-refractivity contribution in [2.45, 2.75) is 12.8 Å². The van der Waals surface area contributed by atoms with Crippen LogP contribution in [-0.4, -0.2) is 11.5 Å². The fraction of sp³-hybridized carbons (Fsp3) is 0.800. The van der Waals surface area contributed by atoms with Gasteiger partial charge in [0.2, 0.25) is 0 Å². The standard InChI is InChI=1S/C5H9S/c1-6-4-2-3-5-6/h1H,2-5H2/q-1. The van der Waals surface area contributed by atoms with Gasteiger partial charge in [0.25, 0.3) is 0 Å². The van der Waals surface area contributed by atoms with Gasteiger partial charge in [-0.15, -0.1) is 11.5 Å². The third-order valence-electron chi connectivity index (χ3n) is 1.06. The van der Waals surface area contributed by atoms with Gasteiger partial charge in [0, 0.05) is 0 Å². The molecule has 1 heteroatoms. The van der Waals surface area contributed by atoms with Crippen LogP contribution in [0.3, 0.4) is 0 Å². The zero-order chi connectivity index (χ0) is 4.41. The Kier molecular flexibility index (Phi) is 1.23. The molecule has 0 saturated carbocycles. The Morgan fingerprint density at radius 3 is 1.83 bits per heavy atom. The van der Waals surface area contributed by atoms with E-state index >= 15 is 0 Å². The molecule has 0 spiro atoms. The van der Waals surface area contributed by atoms with Crippen LogP contribution in [0.1, 0.15) is 12.8 Å². The molecule has 0 unspecified atom stereocenters. The Morgan fingerprint density at radius 1 is 1.17 bits per heavy atom. The van der Waals surface area contributed by atoms with Crippen molar-refractivity contribution in [2.75, 3.05) is 11.5 Å². The van der Waals surface area contributed by atoms with Crippen molar-refractivity contribution in [1.29, 1.82) is 0 Å². The first-order valence-corrected chi connectivity index (χ1v) is 3.94. The van der Waals surface area contributed by atoms with Gasteiger partial charge in [-0.05, 0) is 0 Å². The first-order valence-electron chi connectivity index (χ1n) is 2.31. The van der Waals surface area contributed by atoms with E-state index in [-0.39, 0.29) is 0 Å². The molecule has 36 valence electrons. The quantitative estimate of drug-likeness (QED) is 0.399. The van der Waals surface area contributed by atoms with E-state index in [0.29, 0.717) is 10.3 Å². The van der Waals surface area contributed by atoms with Crippen molar-refractivity contribution >= 4 is 10.3 Å². The molecule has 0 aromatic heterocycles. The third kappa shape index (κ3) is 0.796. The molecule has 0 amide bonds. The monoisotopic (exact) mass is 101 g/mol. The van der Waals surface area contributed by atoms with Gasteiger partial charge in [-0.3, -0.25) is 0 Å². The molecule has 0 radical (unpaired) electrons. The molecule has 0 aliphatic carbocycles. The molecule has 6 heavy (non-hydrogen) atoms. The normalized spacial score (nSPS) is 25.2. The molecule has 1 rings (SSSR count). The molecular weight excluding hydrogens is 92.1 g/mol. The molecule has 0 bridgehead atoms. The maximum Gasteiger partial charge on any atom is -0.0737 e. The summed E-state index contributed by atoms with van der Waals surface area (Å²) in [5, 5.41) is 0. The third-order valence-corrected chi connectivity index (χ3v) is 2.69. The maximum absolute atomic E-state index is 5.56. The topological polar surface area (TPSA) is 0 Å². The van der Waals surface area contributed by atoms with Crippen LogP contribution in [0, 0.1) is 5.69 Å². The van der Waals surface area contributed by atoms with Gasteiger partial charge < -0.3 is 16.0 Å². The van der Waals surface area contributed by atoms with Gasteiger partial charge in [-0.25, -0.2) is 0 Å². The van der Waals surface area contributed by atoms with Gasteiger partial charge in [0.05, 0.1) is 0 Å². The van der Waals surface area contributed by atoms with Crippen LogP contribution in [-0.2, 0) is 10.3 Å². The van der Waals surface area contributed by atoms with E-state index in [4.69, 9.17) is 5.69 Å². The second-order valence-corrected chi connectivity index (χ2v) is 3.54. The summed E-state index contributed by atoms with van der Waals surface area (Å²) in [6.45, 7) is 0. The lowest BCUT2D eigenvalue weighted by Crippen LogP contribution is -1.79. The minimum atomic E-state index is 0.327. The lowest BCUT2D eigenvalue weighted by molar-refractivity contribution is 0.949. The number of hydrogen-bond acceptors (Lipinski definition) is 1. The maximum atomic E-state index is 5.56. The first-order chi connectivity index (χ1) is 2.89. The van der Waals surface area contributed by atoms with Crippen LogP contribution in [0.5, 0.6) is 0 Å². The Morgan fingerprint density at radius 2 is 1.67 bits per heavy atom. The Bertz CT molecular complexity index is 86.2. The molecule has 0 nitrogen and oxygen atoms in total. The highest BCUT2D eigenvalue weighted by molar-refractivity contribution is 7.86. The molecule has 1 aliphatic rings. The van der Waals surface area contributed by atoms with E-state index in [2.05, 4.69) is 0 Å². The van der Waals surface area contributed by atoms with Gasteiger partial charge in [-0.2, -0.15) is 0 Å². The van der Waals surface area contributed by atoms with Crippen molar-refractivity contribution in [3.63, 3.8) is 0 Å². The molecule has 1 saturated heterocycles. The van der Waals surface area contributed by atoms with Crippen molar-refractivity contribution in [2.24, 2.45) is 0 Å². The van der Waals surface area contributed by atoms with Crippen molar-refractivity contribution in [3.8, 4) is 5.69 Å². The van der Waals surface area contributed by atoms with Crippen LogP contribution >= 0.6 is 0 Å². The van der Waals surface area contributed by atoms with Crippen LogP contribution < -0.4 is 0 Å². The zero-order valence-corrected chi connectivity index (χ0v) is 4.63. The van der Waals surface area contributed by atoms with Crippen LogP contribution in [0.2, 0.25) is 0 Å².